The highest BCUT2D eigenvalue weighted by Crippen LogP contribution is 2.35. The third-order valence-corrected chi connectivity index (χ3v) is 3.04. The maximum Gasteiger partial charge on any atom is 0.243 e. The minimum atomic E-state index is -1.21. The summed E-state index contributed by atoms with van der Waals surface area (Å²) in [6.07, 6.45) is 0. The van der Waals surface area contributed by atoms with Crippen molar-refractivity contribution >= 4 is 28.9 Å². The molecule has 1 atom stereocenters. The van der Waals surface area contributed by atoms with Gasteiger partial charge in [-0.3, -0.25) is 10.2 Å². The van der Waals surface area contributed by atoms with Gasteiger partial charge in [0.05, 0.1) is 10.6 Å². The minimum absolute atomic E-state index is 0.00653. The van der Waals surface area contributed by atoms with E-state index in [0.717, 1.165) is 0 Å². The molecule has 0 saturated carbocycles. The molecule has 1 heterocycles. The van der Waals surface area contributed by atoms with Crippen LogP contribution in [0.25, 0.3) is 0 Å². The third-order valence-electron chi connectivity index (χ3n) is 2.63. The zero-order valence-electron chi connectivity index (χ0n) is 9.42. The molecule has 1 unspecified atom stereocenters. The molecule has 6 nitrogen and oxygen atoms in total. The number of nitrogens with one attached hydrogen (secondary N) is 2. The fraction of sp³-hybridized carbons (Fsp3) is 0.444. The summed E-state index contributed by atoms with van der Waals surface area (Å²) < 4.78 is 0. The van der Waals surface area contributed by atoms with Gasteiger partial charge < -0.3 is 21.7 Å². The average molecular weight is 241 g/mol. The number of rotatable bonds is 3. The van der Waals surface area contributed by atoms with Crippen LogP contribution >= 0.6 is 12.2 Å². The Kier molecular flexibility index (Phi) is 2.91. The molecule has 1 amide bonds. The number of thiocarbonyl (C=S) groups is 1. The summed E-state index contributed by atoms with van der Waals surface area (Å²) >= 11 is 4.89. The van der Waals surface area contributed by atoms with E-state index in [-0.39, 0.29) is 16.7 Å². The molecule has 0 spiro atoms. The summed E-state index contributed by atoms with van der Waals surface area (Å²) in [7, 11) is 3.48. The summed E-state index contributed by atoms with van der Waals surface area (Å²) in [6.45, 7) is 1.57. The van der Waals surface area contributed by atoms with E-state index in [1.54, 1.807) is 25.9 Å². The molecule has 0 aromatic heterocycles. The molecule has 0 aromatic rings. The number of nitrogens with zero attached hydrogens (tertiary/aromatic N) is 1. The Morgan fingerprint density at radius 3 is 2.31 bits per heavy atom. The van der Waals surface area contributed by atoms with E-state index in [9.17, 15) is 4.79 Å². The van der Waals surface area contributed by atoms with Crippen LogP contribution in [0.1, 0.15) is 6.92 Å². The number of nitrogens with two attached hydrogens (primary N) is 2. The van der Waals surface area contributed by atoms with Crippen LogP contribution in [-0.4, -0.2) is 35.7 Å². The van der Waals surface area contributed by atoms with E-state index < -0.39 is 5.41 Å². The fourth-order valence-corrected chi connectivity index (χ4v) is 1.81. The van der Waals surface area contributed by atoms with Crippen LogP contribution in [0.3, 0.4) is 0 Å². The van der Waals surface area contributed by atoms with Gasteiger partial charge in [-0.05, 0) is 6.92 Å². The molecular formula is C9H15N5OS. The molecule has 0 aromatic carbocycles. The van der Waals surface area contributed by atoms with Gasteiger partial charge in [-0.25, -0.2) is 0 Å². The Balaban J connectivity index is 3.45. The fourth-order valence-electron chi connectivity index (χ4n) is 1.61. The van der Waals surface area contributed by atoms with Gasteiger partial charge in [-0.2, -0.15) is 0 Å². The van der Waals surface area contributed by atoms with Crippen molar-refractivity contribution in [3.8, 4) is 0 Å². The van der Waals surface area contributed by atoms with Gasteiger partial charge in [-0.1, -0.05) is 12.2 Å². The molecule has 0 fully saturated rings. The lowest BCUT2D eigenvalue weighted by atomic mass is 9.82. The lowest BCUT2D eigenvalue weighted by Gasteiger charge is -2.23. The first-order valence-electron chi connectivity index (χ1n) is 4.60. The van der Waals surface area contributed by atoms with E-state index in [1.807, 2.05) is 0 Å². The van der Waals surface area contributed by atoms with E-state index in [1.165, 1.54) is 0 Å². The van der Waals surface area contributed by atoms with Crippen molar-refractivity contribution in [2.24, 2.45) is 16.9 Å². The van der Waals surface area contributed by atoms with Gasteiger partial charge in [0.1, 0.15) is 17.1 Å². The Labute approximate surface area is 99.2 Å². The highest BCUT2D eigenvalue weighted by Gasteiger charge is 2.49. The Hall–Kier alpha value is -1.63. The molecule has 1 aliphatic rings. The molecule has 88 valence electrons. The number of hydrogen-bond acceptors (Lipinski definition) is 4. The van der Waals surface area contributed by atoms with Crippen LogP contribution in [0.15, 0.2) is 11.4 Å². The molecule has 16 heavy (non-hydrogen) atoms. The van der Waals surface area contributed by atoms with Gasteiger partial charge >= 0.3 is 0 Å². The number of amidine groups is 1. The van der Waals surface area contributed by atoms with Crippen LogP contribution in [0.5, 0.6) is 0 Å². The Morgan fingerprint density at radius 1 is 1.50 bits per heavy atom. The van der Waals surface area contributed by atoms with Crippen LogP contribution in [0, 0.1) is 10.8 Å². The smallest absolute Gasteiger partial charge is 0.243 e. The summed E-state index contributed by atoms with van der Waals surface area (Å²) in [5.41, 5.74) is 10.2. The predicted molar refractivity (Wildman–Crippen MR) is 65.7 cm³/mol. The zero-order valence-corrected chi connectivity index (χ0v) is 10.2. The van der Waals surface area contributed by atoms with Crippen molar-refractivity contribution in [2.45, 2.75) is 6.92 Å². The largest absolute Gasteiger partial charge is 0.392 e. The third kappa shape index (κ3) is 1.53. The van der Waals surface area contributed by atoms with E-state index in [2.05, 4.69) is 5.32 Å². The highest BCUT2D eigenvalue weighted by molar-refractivity contribution is 7.80. The number of amides is 1. The van der Waals surface area contributed by atoms with Crippen LogP contribution in [0.2, 0.25) is 0 Å². The molecule has 0 radical (unpaired) electrons. The quantitative estimate of drug-likeness (QED) is 0.291. The second-order valence-corrected chi connectivity index (χ2v) is 4.41. The maximum absolute atomic E-state index is 11.9. The minimum Gasteiger partial charge on any atom is -0.392 e. The zero-order chi connectivity index (χ0) is 12.7. The van der Waals surface area contributed by atoms with Gasteiger partial charge in [-0.15, -0.1) is 0 Å². The maximum atomic E-state index is 11.9. The average Bonchev–Trinajstić information content (AvgIpc) is 2.40. The van der Waals surface area contributed by atoms with E-state index >= 15 is 0 Å². The topological polar surface area (TPSA) is 108 Å². The van der Waals surface area contributed by atoms with Crippen molar-refractivity contribution in [2.75, 3.05) is 14.1 Å². The van der Waals surface area contributed by atoms with Gasteiger partial charge in [0.2, 0.25) is 5.91 Å². The number of hydrogen-bond donors (Lipinski definition) is 4. The molecule has 0 bridgehead atoms. The SMILES string of the molecule is CN(C)C1=C(C(=N)N)C(C)(C(N)=S)C(=O)N1. The second-order valence-electron chi connectivity index (χ2n) is 3.98. The highest BCUT2D eigenvalue weighted by atomic mass is 32.1. The van der Waals surface area contributed by atoms with Crippen LogP contribution in [-0.2, 0) is 4.79 Å². The summed E-state index contributed by atoms with van der Waals surface area (Å²) in [4.78, 5) is 13.5. The number of carbonyl (C=O) groups is 1. The van der Waals surface area contributed by atoms with Gasteiger partial charge in [0, 0.05) is 14.1 Å². The molecular weight excluding hydrogens is 226 g/mol. The predicted octanol–water partition coefficient (Wildman–Crippen LogP) is -0.882. The second kappa shape index (κ2) is 3.75. The first-order chi connectivity index (χ1) is 7.22. The Morgan fingerprint density at radius 2 is 2.00 bits per heavy atom. The van der Waals surface area contributed by atoms with Crippen molar-refractivity contribution in [1.82, 2.24) is 10.2 Å². The lowest BCUT2D eigenvalue weighted by molar-refractivity contribution is -0.123. The van der Waals surface area contributed by atoms with Crippen molar-refractivity contribution in [3.63, 3.8) is 0 Å². The Bertz CT molecular complexity index is 414. The summed E-state index contributed by atoms with van der Waals surface area (Å²) in [5, 5.41) is 10.2. The van der Waals surface area contributed by atoms with E-state index in [0.29, 0.717) is 11.4 Å². The van der Waals surface area contributed by atoms with Crippen molar-refractivity contribution < 1.29 is 4.79 Å². The van der Waals surface area contributed by atoms with E-state index in [4.69, 9.17) is 29.1 Å². The normalized spacial score (nSPS) is 24.3. The summed E-state index contributed by atoms with van der Waals surface area (Å²) in [5.74, 6) is -0.0981. The molecule has 7 heteroatoms. The first-order valence-corrected chi connectivity index (χ1v) is 5.01. The van der Waals surface area contributed by atoms with Gasteiger partial charge in [0.15, 0.2) is 0 Å². The number of carbonyl (C=O) groups excluding carboxylic acids is 1. The molecule has 6 N–H and O–H groups in total. The standard InChI is InChI=1S/C9H15N5OS/c1-9(7(12)16)4(5(10)11)6(14(2)3)13-8(9)15/h1-3H3,(H3,10,11)(H2,12,16)(H,13,15). The molecule has 0 aliphatic carbocycles. The lowest BCUT2D eigenvalue weighted by Crippen LogP contribution is -2.44. The monoisotopic (exact) mass is 241 g/mol. The van der Waals surface area contributed by atoms with Crippen molar-refractivity contribution in [3.05, 3.63) is 11.4 Å². The molecule has 1 rings (SSSR count). The molecule has 0 saturated heterocycles. The van der Waals surface area contributed by atoms with Crippen LogP contribution in [0.4, 0.5) is 0 Å². The first kappa shape index (κ1) is 12.4. The van der Waals surface area contributed by atoms with Crippen LogP contribution < -0.4 is 16.8 Å². The van der Waals surface area contributed by atoms with Crippen molar-refractivity contribution in [1.29, 1.82) is 5.41 Å². The van der Waals surface area contributed by atoms with Gasteiger partial charge in [0.25, 0.3) is 0 Å². The molecule has 1 aliphatic heterocycles. The summed E-state index contributed by atoms with van der Waals surface area (Å²) in [6, 6.07) is 0.